The van der Waals surface area contributed by atoms with Crippen molar-refractivity contribution in [2.45, 2.75) is 20.0 Å². The second-order valence-electron chi connectivity index (χ2n) is 3.22. The molecule has 0 fully saturated rings. The predicted molar refractivity (Wildman–Crippen MR) is 57.6 cm³/mol. The Balaban J connectivity index is 3.12. The molecule has 0 amide bonds. The summed E-state index contributed by atoms with van der Waals surface area (Å²) in [5.74, 6) is -2.06. The number of allylic oxidation sites excluding steroid dienone is 1. The van der Waals surface area contributed by atoms with Gasteiger partial charge in [0, 0.05) is 6.08 Å². The minimum Gasteiger partial charge on any atom is -0.495 e. The Labute approximate surface area is 99.9 Å². The molecule has 0 aliphatic heterocycles. The molecule has 0 saturated heterocycles. The Bertz CT molecular complexity index is 463. The van der Waals surface area contributed by atoms with Crippen molar-refractivity contribution in [1.82, 2.24) is 4.98 Å². The van der Waals surface area contributed by atoms with Gasteiger partial charge in [-0.25, -0.2) is 4.98 Å². The van der Waals surface area contributed by atoms with Crippen LogP contribution in [-0.4, -0.2) is 24.1 Å². The molecular formula is C10H10F3NO2S. The summed E-state index contributed by atoms with van der Waals surface area (Å²) in [4.78, 5) is 15.3. The number of thiazole rings is 1. The second kappa shape index (κ2) is 4.87. The Morgan fingerprint density at radius 3 is 2.35 bits per heavy atom. The van der Waals surface area contributed by atoms with Crippen molar-refractivity contribution in [3.8, 4) is 0 Å². The lowest BCUT2D eigenvalue weighted by Crippen LogP contribution is -2.20. The fraction of sp³-hybridized carbons (Fsp3) is 0.400. The first-order chi connectivity index (χ1) is 7.75. The highest BCUT2D eigenvalue weighted by Crippen LogP contribution is 2.27. The van der Waals surface area contributed by atoms with E-state index < -0.39 is 12.0 Å². The van der Waals surface area contributed by atoms with Crippen LogP contribution in [0.15, 0.2) is 6.08 Å². The van der Waals surface area contributed by atoms with Gasteiger partial charge in [-0.2, -0.15) is 13.2 Å². The van der Waals surface area contributed by atoms with Crippen LogP contribution in [-0.2, 0) is 9.53 Å². The highest BCUT2D eigenvalue weighted by Gasteiger charge is 2.37. The van der Waals surface area contributed by atoms with Crippen LogP contribution in [0.25, 0.3) is 5.76 Å². The average molecular weight is 265 g/mol. The second-order valence-corrected chi connectivity index (χ2v) is 4.43. The molecule has 0 saturated carbocycles. The van der Waals surface area contributed by atoms with Crippen molar-refractivity contribution in [3.05, 3.63) is 21.7 Å². The third kappa shape index (κ3) is 3.29. The van der Waals surface area contributed by atoms with Crippen molar-refractivity contribution in [2.75, 3.05) is 7.11 Å². The van der Waals surface area contributed by atoms with Gasteiger partial charge in [0.1, 0.15) is 5.76 Å². The molecule has 0 aromatic carbocycles. The molecule has 1 aromatic rings. The first-order valence-corrected chi connectivity index (χ1v) is 5.38. The van der Waals surface area contributed by atoms with Crippen molar-refractivity contribution in [1.29, 1.82) is 0 Å². The molecule has 1 aromatic heterocycles. The molecule has 3 nitrogen and oxygen atoms in total. The third-order valence-electron chi connectivity index (χ3n) is 1.89. The number of halogens is 3. The largest absolute Gasteiger partial charge is 0.495 e. The van der Waals surface area contributed by atoms with E-state index in [2.05, 4.69) is 4.98 Å². The van der Waals surface area contributed by atoms with Crippen molar-refractivity contribution in [2.24, 2.45) is 0 Å². The van der Waals surface area contributed by atoms with Gasteiger partial charge in [-0.1, -0.05) is 0 Å². The summed E-state index contributed by atoms with van der Waals surface area (Å²) in [5, 5.41) is 0.694. The van der Waals surface area contributed by atoms with Gasteiger partial charge in [0.15, 0.2) is 0 Å². The molecule has 0 radical (unpaired) electrons. The maximum Gasteiger partial charge on any atom is 0.454 e. The molecule has 0 N–H and O–H groups in total. The summed E-state index contributed by atoms with van der Waals surface area (Å²) in [7, 11) is 1.21. The monoisotopic (exact) mass is 265 g/mol. The number of rotatable bonds is 3. The molecule has 94 valence electrons. The zero-order chi connectivity index (χ0) is 13.2. The van der Waals surface area contributed by atoms with Crippen LogP contribution in [0.5, 0.6) is 0 Å². The number of hydrogen-bond acceptors (Lipinski definition) is 4. The number of alkyl halides is 3. The summed E-state index contributed by atoms with van der Waals surface area (Å²) in [6.45, 7) is 3.36. The molecule has 0 atom stereocenters. The van der Waals surface area contributed by atoms with E-state index in [0.29, 0.717) is 21.7 Å². The van der Waals surface area contributed by atoms with Gasteiger partial charge >= 0.3 is 6.18 Å². The number of hydrogen-bond donors (Lipinski definition) is 0. The first-order valence-electron chi connectivity index (χ1n) is 4.57. The van der Waals surface area contributed by atoms with Crippen molar-refractivity contribution < 1.29 is 22.7 Å². The maximum atomic E-state index is 12.1. The lowest BCUT2D eigenvalue weighted by atomic mass is 10.2. The number of ketones is 1. The summed E-state index contributed by atoms with van der Waals surface area (Å²) in [6.07, 6.45) is -4.45. The van der Waals surface area contributed by atoms with Crippen LogP contribution in [0.1, 0.15) is 15.6 Å². The molecule has 7 heteroatoms. The molecule has 17 heavy (non-hydrogen) atoms. The molecule has 0 aliphatic carbocycles. The van der Waals surface area contributed by atoms with E-state index in [0.717, 1.165) is 0 Å². The SMILES string of the molecule is CO/C(=C\C(=O)C(F)(F)F)c1sc(C)nc1C. The Kier molecular flexibility index (Phi) is 3.92. The van der Waals surface area contributed by atoms with E-state index in [4.69, 9.17) is 4.74 Å². The van der Waals surface area contributed by atoms with E-state index in [1.165, 1.54) is 18.4 Å². The number of methoxy groups -OCH3 is 1. The smallest absolute Gasteiger partial charge is 0.454 e. The van der Waals surface area contributed by atoms with E-state index in [-0.39, 0.29) is 5.76 Å². The molecular weight excluding hydrogens is 255 g/mol. The maximum absolute atomic E-state index is 12.1. The molecule has 0 spiro atoms. The summed E-state index contributed by atoms with van der Waals surface area (Å²) in [6, 6.07) is 0. The van der Waals surface area contributed by atoms with Crippen LogP contribution in [0, 0.1) is 13.8 Å². The number of aryl methyl sites for hydroxylation is 2. The van der Waals surface area contributed by atoms with E-state index >= 15 is 0 Å². The lowest BCUT2D eigenvalue weighted by Gasteiger charge is -2.05. The van der Waals surface area contributed by atoms with Gasteiger partial charge in [0.25, 0.3) is 5.78 Å². The summed E-state index contributed by atoms with van der Waals surface area (Å²) in [5.41, 5.74) is 0.538. The molecule has 1 rings (SSSR count). The number of nitrogens with zero attached hydrogens (tertiary/aromatic N) is 1. The molecule has 1 heterocycles. The standard InChI is InChI=1S/C10H10F3NO2S/c1-5-9(17-6(2)14-5)7(16-3)4-8(15)10(11,12)13/h4H,1-3H3/b7-4-. The van der Waals surface area contributed by atoms with Crippen LogP contribution < -0.4 is 0 Å². The van der Waals surface area contributed by atoms with Gasteiger partial charge in [-0.3, -0.25) is 4.79 Å². The highest BCUT2D eigenvalue weighted by atomic mass is 32.1. The summed E-state index contributed by atoms with van der Waals surface area (Å²) >= 11 is 1.18. The quantitative estimate of drug-likeness (QED) is 0.623. The summed E-state index contributed by atoms with van der Waals surface area (Å²) < 4.78 is 41.1. The number of carbonyl (C=O) groups is 1. The number of carbonyl (C=O) groups excluding carboxylic acids is 1. The highest BCUT2D eigenvalue weighted by molar-refractivity contribution is 7.12. The normalized spacial score (nSPS) is 12.7. The van der Waals surface area contributed by atoms with E-state index in [9.17, 15) is 18.0 Å². The van der Waals surface area contributed by atoms with Gasteiger partial charge < -0.3 is 4.74 Å². The molecule has 0 unspecified atom stereocenters. The van der Waals surface area contributed by atoms with Crippen LogP contribution in [0.4, 0.5) is 13.2 Å². The van der Waals surface area contributed by atoms with Crippen LogP contribution in [0.2, 0.25) is 0 Å². The molecule has 0 aliphatic rings. The fourth-order valence-corrected chi connectivity index (χ4v) is 2.09. The first kappa shape index (κ1) is 13.7. The van der Waals surface area contributed by atoms with Crippen LogP contribution >= 0.6 is 11.3 Å². The number of ether oxygens (including phenoxy) is 1. The minimum absolute atomic E-state index is 0.115. The third-order valence-corrected chi connectivity index (χ3v) is 2.98. The van der Waals surface area contributed by atoms with Gasteiger partial charge in [-0.05, 0) is 13.8 Å². The Morgan fingerprint density at radius 2 is 2.00 bits per heavy atom. The Morgan fingerprint density at radius 1 is 1.41 bits per heavy atom. The van der Waals surface area contributed by atoms with E-state index in [1.807, 2.05) is 0 Å². The minimum atomic E-state index is -4.89. The lowest BCUT2D eigenvalue weighted by molar-refractivity contribution is -0.165. The van der Waals surface area contributed by atoms with Crippen molar-refractivity contribution >= 4 is 22.9 Å². The number of aromatic nitrogens is 1. The van der Waals surface area contributed by atoms with Crippen LogP contribution in [0.3, 0.4) is 0 Å². The zero-order valence-electron chi connectivity index (χ0n) is 9.38. The predicted octanol–water partition coefficient (Wildman–Crippen LogP) is 2.88. The van der Waals surface area contributed by atoms with Gasteiger partial charge in [0.2, 0.25) is 0 Å². The van der Waals surface area contributed by atoms with Gasteiger partial charge in [0.05, 0.1) is 22.7 Å². The Hall–Kier alpha value is -1.37. The van der Waals surface area contributed by atoms with E-state index in [1.54, 1.807) is 13.8 Å². The zero-order valence-corrected chi connectivity index (χ0v) is 10.2. The average Bonchev–Trinajstić information content (AvgIpc) is 2.52. The fourth-order valence-electron chi connectivity index (χ4n) is 1.18. The topological polar surface area (TPSA) is 39.2 Å². The van der Waals surface area contributed by atoms with Gasteiger partial charge in [-0.15, -0.1) is 11.3 Å². The van der Waals surface area contributed by atoms with Crippen molar-refractivity contribution in [3.63, 3.8) is 0 Å². The molecule has 0 bridgehead atoms.